The van der Waals surface area contributed by atoms with E-state index in [1.807, 2.05) is 62.4 Å². The third-order valence-corrected chi connectivity index (χ3v) is 8.74. The number of carbonyl (C=O) groups is 2. The number of rotatable bonds is 12. The van der Waals surface area contributed by atoms with E-state index in [4.69, 9.17) is 33.4 Å². The Morgan fingerprint density at radius 1 is 0.900 bits per heavy atom. The molecular formula is C39H43N3O8. The number of benzene rings is 3. The first-order valence-electron chi connectivity index (χ1n) is 17.0. The predicted molar refractivity (Wildman–Crippen MR) is 193 cm³/mol. The molecular weight excluding hydrogens is 638 g/mol. The summed E-state index contributed by atoms with van der Waals surface area (Å²) in [4.78, 5) is 34.4. The summed E-state index contributed by atoms with van der Waals surface area (Å²) in [6, 6.07) is 16.9. The van der Waals surface area contributed by atoms with Gasteiger partial charge in [-0.3, -0.25) is 4.79 Å². The minimum Gasteiger partial charge on any atom is -0.493 e. The minimum atomic E-state index is -0.579. The molecule has 1 aromatic heterocycles. The number of hydrogen-bond acceptors (Lipinski definition) is 10. The smallest absolute Gasteiger partial charge is 0.339 e. The second-order valence-corrected chi connectivity index (χ2v) is 11.9. The molecule has 4 aromatic rings. The zero-order chi connectivity index (χ0) is 35.0. The van der Waals surface area contributed by atoms with Crippen LogP contribution >= 0.6 is 0 Å². The van der Waals surface area contributed by atoms with E-state index >= 15 is 0 Å². The molecule has 6 rings (SSSR count). The number of carbonyl (C=O) groups excluding carboxylic acids is 2. The Kier molecular flexibility index (Phi) is 11.0. The van der Waals surface area contributed by atoms with Gasteiger partial charge in [0.1, 0.15) is 11.5 Å². The Morgan fingerprint density at radius 2 is 1.66 bits per heavy atom. The first kappa shape index (κ1) is 34.6. The van der Waals surface area contributed by atoms with Crippen LogP contribution in [0.3, 0.4) is 0 Å². The van der Waals surface area contributed by atoms with Crippen molar-refractivity contribution in [3.63, 3.8) is 0 Å². The molecule has 11 heteroatoms. The van der Waals surface area contributed by atoms with Gasteiger partial charge in [-0.2, -0.15) is 0 Å². The highest BCUT2D eigenvalue weighted by Crippen LogP contribution is 2.40. The maximum absolute atomic E-state index is 13.9. The van der Waals surface area contributed by atoms with Gasteiger partial charge in [0.15, 0.2) is 18.1 Å². The molecule has 262 valence electrons. The highest BCUT2D eigenvalue weighted by Gasteiger charge is 2.27. The van der Waals surface area contributed by atoms with Crippen LogP contribution in [0.2, 0.25) is 0 Å². The van der Waals surface area contributed by atoms with Crippen molar-refractivity contribution in [3.05, 3.63) is 77.0 Å². The van der Waals surface area contributed by atoms with Crippen molar-refractivity contribution >= 4 is 45.8 Å². The van der Waals surface area contributed by atoms with Gasteiger partial charge in [-0.1, -0.05) is 24.3 Å². The number of esters is 1. The van der Waals surface area contributed by atoms with Crippen molar-refractivity contribution in [1.82, 2.24) is 4.98 Å². The molecule has 0 unspecified atom stereocenters. The molecule has 0 atom stereocenters. The van der Waals surface area contributed by atoms with Gasteiger partial charge < -0.3 is 38.6 Å². The van der Waals surface area contributed by atoms with E-state index < -0.39 is 18.5 Å². The van der Waals surface area contributed by atoms with E-state index in [-0.39, 0.29) is 0 Å². The maximum Gasteiger partial charge on any atom is 0.339 e. The molecule has 0 radical (unpaired) electrons. The van der Waals surface area contributed by atoms with Gasteiger partial charge >= 0.3 is 5.97 Å². The number of ether oxygens (including phenoxy) is 6. The average Bonchev–Trinajstić information content (AvgIpc) is 3.14. The molecule has 1 fully saturated rings. The van der Waals surface area contributed by atoms with Crippen molar-refractivity contribution in [3.8, 4) is 23.0 Å². The quantitative estimate of drug-likeness (QED) is 0.165. The second-order valence-electron chi connectivity index (χ2n) is 11.9. The summed E-state index contributed by atoms with van der Waals surface area (Å²) in [5.74, 6) is 1.32. The van der Waals surface area contributed by atoms with E-state index in [0.29, 0.717) is 91.1 Å². The number of nitrogens with one attached hydrogen (secondary N) is 1. The topological polar surface area (TPSA) is 118 Å². The van der Waals surface area contributed by atoms with Gasteiger partial charge in [0.25, 0.3) is 5.91 Å². The summed E-state index contributed by atoms with van der Waals surface area (Å²) >= 11 is 0. The van der Waals surface area contributed by atoms with Crippen LogP contribution in [0.15, 0.2) is 54.6 Å². The van der Waals surface area contributed by atoms with Crippen LogP contribution < -0.4 is 29.2 Å². The lowest BCUT2D eigenvalue weighted by atomic mass is 9.86. The minimum absolute atomic E-state index is 0.400. The number of methoxy groups -OCH3 is 2. The summed E-state index contributed by atoms with van der Waals surface area (Å²) in [7, 11) is 3.21. The van der Waals surface area contributed by atoms with Crippen molar-refractivity contribution in [2.75, 3.05) is 70.6 Å². The van der Waals surface area contributed by atoms with E-state index in [2.05, 4.69) is 16.3 Å². The molecule has 2 heterocycles. The number of allylic oxidation sites excluding steroid dienone is 1. The van der Waals surface area contributed by atoms with Crippen LogP contribution in [0.1, 0.15) is 53.9 Å². The van der Waals surface area contributed by atoms with Gasteiger partial charge in [0.05, 0.1) is 68.8 Å². The lowest BCUT2D eigenvalue weighted by Gasteiger charge is -2.31. The molecule has 3 aromatic carbocycles. The molecule has 2 aliphatic rings. The lowest BCUT2D eigenvalue weighted by molar-refractivity contribution is -0.119. The second kappa shape index (κ2) is 15.9. The number of morpholine rings is 1. The number of amides is 1. The third kappa shape index (κ3) is 7.47. The zero-order valence-electron chi connectivity index (χ0n) is 29.0. The third-order valence-electron chi connectivity index (χ3n) is 8.74. The molecule has 1 aliphatic heterocycles. The normalized spacial score (nSPS) is 15.0. The Labute approximate surface area is 292 Å². The van der Waals surface area contributed by atoms with Gasteiger partial charge in [-0.25, -0.2) is 9.78 Å². The molecule has 1 amide bonds. The first-order chi connectivity index (χ1) is 24.4. The first-order valence-corrected chi connectivity index (χ1v) is 17.0. The summed E-state index contributed by atoms with van der Waals surface area (Å²) in [5, 5.41) is 3.56. The van der Waals surface area contributed by atoms with Gasteiger partial charge in [0.2, 0.25) is 0 Å². The van der Waals surface area contributed by atoms with Crippen molar-refractivity contribution in [1.29, 1.82) is 0 Å². The molecule has 11 nitrogen and oxygen atoms in total. The van der Waals surface area contributed by atoms with Crippen LogP contribution in [0, 0.1) is 0 Å². The lowest BCUT2D eigenvalue weighted by Crippen LogP contribution is -2.36. The van der Waals surface area contributed by atoms with E-state index in [9.17, 15) is 9.59 Å². The fraction of sp³-hybridized carbons (Fsp3) is 0.359. The summed E-state index contributed by atoms with van der Waals surface area (Å²) in [6.45, 7) is 6.82. The number of pyridine rings is 1. The Bertz CT molecular complexity index is 1900. The van der Waals surface area contributed by atoms with E-state index in [1.165, 1.54) is 0 Å². The van der Waals surface area contributed by atoms with Crippen LogP contribution in [0.4, 0.5) is 11.4 Å². The number of para-hydroxylation sites is 1. The van der Waals surface area contributed by atoms with Crippen LogP contribution in [-0.2, 0) is 20.7 Å². The highest BCUT2D eigenvalue weighted by molar-refractivity contribution is 6.07. The summed E-state index contributed by atoms with van der Waals surface area (Å²) in [5.41, 5.74) is 5.91. The number of anilines is 2. The predicted octanol–water partition coefficient (Wildman–Crippen LogP) is 6.56. The van der Waals surface area contributed by atoms with Crippen molar-refractivity contribution in [2.45, 2.75) is 33.1 Å². The molecule has 1 saturated heterocycles. The van der Waals surface area contributed by atoms with Gasteiger partial charge in [0, 0.05) is 30.6 Å². The van der Waals surface area contributed by atoms with Crippen LogP contribution in [-0.4, -0.2) is 77.2 Å². The number of fused-ring (bicyclic) bond motifs is 2. The number of hydrogen-bond donors (Lipinski definition) is 1. The monoisotopic (exact) mass is 681 g/mol. The Hall–Kier alpha value is -5.29. The van der Waals surface area contributed by atoms with Crippen molar-refractivity contribution in [2.24, 2.45) is 0 Å². The Morgan fingerprint density at radius 3 is 2.42 bits per heavy atom. The average molecular weight is 682 g/mol. The maximum atomic E-state index is 13.9. The van der Waals surface area contributed by atoms with Crippen LogP contribution in [0.5, 0.6) is 23.0 Å². The standard InChI is InChI=1S/C39H43N3O8/c1-5-48-33-23-31(42-16-18-47-19-17-42)34(49-6-2)22-30(33)40-36(43)24-50-39(44)37-27-11-7-8-13-29(27)41-38-26(10-9-12-28(37)38)20-25-14-15-32(45-3)35(21-25)46-4/h7-8,11,13-15,20-23H,5-6,9-10,12,16-19,24H2,1-4H3,(H,40,43). The van der Waals surface area contributed by atoms with E-state index in [1.54, 1.807) is 20.3 Å². The molecule has 0 spiro atoms. The van der Waals surface area contributed by atoms with Crippen LogP contribution in [0.25, 0.3) is 22.6 Å². The molecule has 1 N–H and O–H groups in total. The SMILES string of the molecule is CCOc1cc(N2CCOCC2)c(OCC)cc1NC(=O)COC(=O)c1c2c(nc3ccccc13)C(=Cc1ccc(OC)c(OC)c1)CCC2. The van der Waals surface area contributed by atoms with Gasteiger partial charge in [-0.15, -0.1) is 0 Å². The van der Waals surface area contributed by atoms with Crippen molar-refractivity contribution < 1.29 is 38.0 Å². The zero-order valence-corrected chi connectivity index (χ0v) is 29.0. The summed E-state index contributed by atoms with van der Waals surface area (Å²) in [6.07, 6.45) is 4.34. The Balaban J connectivity index is 1.26. The molecule has 1 aliphatic carbocycles. The molecule has 0 bridgehead atoms. The fourth-order valence-corrected chi connectivity index (χ4v) is 6.49. The molecule has 0 saturated carbocycles. The fourth-order valence-electron chi connectivity index (χ4n) is 6.49. The number of aromatic nitrogens is 1. The van der Waals surface area contributed by atoms with E-state index in [0.717, 1.165) is 40.9 Å². The number of nitrogens with zero attached hydrogens (tertiary/aromatic N) is 2. The van der Waals surface area contributed by atoms with Gasteiger partial charge in [-0.05, 0) is 74.1 Å². The highest BCUT2D eigenvalue weighted by atomic mass is 16.5. The largest absolute Gasteiger partial charge is 0.493 e. The summed E-state index contributed by atoms with van der Waals surface area (Å²) < 4.78 is 34.0. The molecule has 50 heavy (non-hydrogen) atoms.